The summed E-state index contributed by atoms with van der Waals surface area (Å²) in [5, 5.41) is 0. The van der Waals surface area contributed by atoms with Gasteiger partial charge in [-0.25, -0.2) is 22.4 Å². The zero-order valence-corrected chi connectivity index (χ0v) is 18.7. The van der Waals surface area contributed by atoms with Crippen molar-refractivity contribution in [2.45, 2.75) is 0 Å². The average Bonchev–Trinajstić information content (AvgIpc) is 2.72. The first kappa shape index (κ1) is 23.0. The van der Waals surface area contributed by atoms with Crippen LogP contribution in [0.5, 0.6) is 11.5 Å². The molecule has 2 amide bonds. The molecule has 0 aromatic heterocycles. The van der Waals surface area contributed by atoms with Crippen molar-refractivity contribution in [3.8, 4) is 11.5 Å². The molecule has 2 rings (SSSR count). The second-order valence-corrected chi connectivity index (χ2v) is 8.30. The van der Waals surface area contributed by atoms with Crippen LogP contribution in [0.15, 0.2) is 48.5 Å². The third-order valence-electron chi connectivity index (χ3n) is 4.06. The Balaban J connectivity index is 2.02. The van der Waals surface area contributed by atoms with Gasteiger partial charge in [0.2, 0.25) is 11.2 Å². The van der Waals surface area contributed by atoms with Crippen molar-refractivity contribution in [2.75, 3.05) is 52.1 Å². The molecule has 0 atom stereocenters. The average molecular weight is 435 g/mol. The van der Waals surface area contributed by atoms with Crippen molar-refractivity contribution < 1.29 is 23.3 Å². The molecule has 0 spiro atoms. The van der Waals surface area contributed by atoms with Crippen LogP contribution in [0.2, 0.25) is 0 Å². The van der Waals surface area contributed by atoms with Gasteiger partial charge in [0.1, 0.15) is 11.5 Å². The highest BCUT2D eigenvalue weighted by molar-refractivity contribution is 7.81. The maximum absolute atomic E-state index is 12.6. The van der Waals surface area contributed by atoms with Gasteiger partial charge in [0.05, 0.1) is 0 Å². The summed E-state index contributed by atoms with van der Waals surface area (Å²) < 4.78 is 24.7. The van der Waals surface area contributed by atoms with Crippen LogP contribution in [0.4, 0.5) is 21.0 Å². The van der Waals surface area contributed by atoms with Crippen LogP contribution in [0.3, 0.4) is 0 Å². The predicted molar refractivity (Wildman–Crippen MR) is 117 cm³/mol. The summed E-state index contributed by atoms with van der Waals surface area (Å²) in [4.78, 5) is 28.4. The van der Waals surface area contributed by atoms with Crippen molar-refractivity contribution in [1.82, 2.24) is 8.61 Å². The summed E-state index contributed by atoms with van der Waals surface area (Å²) in [6.07, 6.45) is -1.75. The standard InChI is InChI=1S/C20H26N4O5S/c1-21(2)15-9-7-11-17(13-15)28-19(25)23(5)30(27)24(6)20(26)29-18-12-8-10-16(14-18)22(3)4/h7-14H,1-6H3. The molecule has 0 unspecified atom stereocenters. The first-order valence-corrected chi connectivity index (χ1v) is 10.0. The van der Waals surface area contributed by atoms with Crippen LogP contribution in [-0.2, 0) is 11.2 Å². The predicted octanol–water partition coefficient (Wildman–Crippen LogP) is 2.96. The van der Waals surface area contributed by atoms with E-state index < -0.39 is 23.4 Å². The lowest BCUT2D eigenvalue weighted by atomic mass is 10.3. The monoisotopic (exact) mass is 434 g/mol. The molecule has 0 aliphatic rings. The molecule has 162 valence electrons. The maximum Gasteiger partial charge on any atom is 0.428 e. The summed E-state index contributed by atoms with van der Waals surface area (Å²) in [5.41, 5.74) is 1.68. The highest BCUT2D eigenvalue weighted by atomic mass is 32.2. The molecule has 30 heavy (non-hydrogen) atoms. The van der Waals surface area contributed by atoms with Gasteiger partial charge >= 0.3 is 12.2 Å². The van der Waals surface area contributed by atoms with Crippen molar-refractivity contribution in [3.63, 3.8) is 0 Å². The summed E-state index contributed by atoms with van der Waals surface area (Å²) >= 11 is -2.15. The number of nitrogens with zero attached hydrogens (tertiary/aromatic N) is 4. The van der Waals surface area contributed by atoms with E-state index in [9.17, 15) is 13.8 Å². The van der Waals surface area contributed by atoms with Gasteiger partial charge < -0.3 is 19.3 Å². The van der Waals surface area contributed by atoms with Gasteiger partial charge in [-0.2, -0.15) is 0 Å². The normalized spacial score (nSPS) is 10.4. The van der Waals surface area contributed by atoms with Gasteiger partial charge in [0.15, 0.2) is 0 Å². The number of amides is 2. The molecule has 9 nitrogen and oxygen atoms in total. The van der Waals surface area contributed by atoms with Crippen LogP contribution < -0.4 is 19.3 Å². The topological polar surface area (TPSA) is 82.6 Å². The number of carbonyl (C=O) groups excluding carboxylic acids is 2. The van der Waals surface area contributed by atoms with Crippen molar-refractivity contribution >= 4 is 34.7 Å². The van der Waals surface area contributed by atoms with Gasteiger partial charge in [-0.15, -0.1) is 0 Å². The van der Waals surface area contributed by atoms with Gasteiger partial charge in [-0.1, -0.05) is 12.1 Å². The largest absolute Gasteiger partial charge is 0.428 e. The van der Waals surface area contributed by atoms with Gasteiger partial charge in [0.25, 0.3) is 0 Å². The van der Waals surface area contributed by atoms with E-state index in [1.165, 1.54) is 14.1 Å². The van der Waals surface area contributed by atoms with Crippen molar-refractivity contribution in [1.29, 1.82) is 0 Å². The second kappa shape index (κ2) is 9.97. The number of benzene rings is 2. The van der Waals surface area contributed by atoms with E-state index in [2.05, 4.69) is 0 Å². The zero-order valence-electron chi connectivity index (χ0n) is 17.9. The first-order chi connectivity index (χ1) is 14.1. The molecule has 0 heterocycles. The van der Waals surface area contributed by atoms with E-state index in [0.717, 1.165) is 20.0 Å². The minimum atomic E-state index is -2.15. The Labute approximate surface area is 179 Å². The van der Waals surface area contributed by atoms with Crippen molar-refractivity contribution in [3.05, 3.63) is 48.5 Å². The SMILES string of the molecule is CN(C)c1cccc(OC(=O)N(C)S(=O)N(C)C(=O)Oc2cccc(N(C)C)c2)c1. The molecule has 0 saturated carbocycles. The third-order valence-corrected chi connectivity index (χ3v) is 5.30. The van der Waals surface area contributed by atoms with Gasteiger partial charge in [-0.3, -0.25) is 0 Å². The Morgan fingerprint density at radius 3 is 1.40 bits per heavy atom. The number of ether oxygens (including phenoxy) is 2. The van der Waals surface area contributed by atoms with E-state index in [-0.39, 0.29) is 0 Å². The lowest BCUT2D eigenvalue weighted by Crippen LogP contribution is -2.43. The molecule has 0 aliphatic heterocycles. The van der Waals surface area contributed by atoms with Crippen LogP contribution in [0.25, 0.3) is 0 Å². The summed E-state index contributed by atoms with van der Waals surface area (Å²) in [6.45, 7) is 0. The first-order valence-electron chi connectivity index (χ1n) is 8.98. The molecule has 10 heteroatoms. The summed E-state index contributed by atoms with van der Waals surface area (Å²) in [6, 6.07) is 13.7. The fourth-order valence-corrected chi connectivity index (χ4v) is 2.99. The fraction of sp³-hybridized carbons (Fsp3) is 0.300. The third kappa shape index (κ3) is 5.86. The van der Waals surface area contributed by atoms with E-state index >= 15 is 0 Å². The smallest absolute Gasteiger partial charge is 0.409 e. The van der Waals surface area contributed by atoms with Gasteiger partial charge in [0, 0.05) is 65.8 Å². The minimum Gasteiger partial charge on any atom is -0.409 e. The highest BCUT2D eigenvalue weighted by Crippen LogP contribution is 2.21. The fourth-order valence-electron chi connectivity index (χ4n) is 2.29. The number of anilines is 2. The Hall–Kier alpha value is -3.27. The van der Waals surface area contributed by atoms with E-state index in [1.54, 1.807) is 36.4 Å². The minimum absolute atomic E-state index is 0.292. The van der Waals surface area contributed by atoms with E-state index in [1.807, 2.05) is 50.1 Å². The quantitative estimate of drug-likeness (QED) is 0.691. The van der Waals surface area contributed by atoms with Crippen LogP contribution in [-0.4, -0.2) is 67.3 Å². The molecule has 2 aromatic rings. The molecule has 0 radical (unpaired) electrons. The number of hydrogen-bond acceptors (Lipinski definition) is 7. The molecular formula is C20H26N4O5S. The summed E-state index contributed by atoms with van der Waals surface area (Å²) in [5.74, 6) is 0.585. The number of hydrogen-bond donors (Lipinski definition) is 0. The lowest BCUT2D eigenvalue weighted by Gasteiger charge is -2.22. The molecule has 0 fully saturated rings. The Kier molecular flexibility index (Phi) is 7.65. The van der Waals surface area contributed by atoms with Crippen LogP contribution in [0, 0.1) is 0 Å². The molecular weight excluding hydrogens is 408 g/mol. The maximum atomic E-state index is 12.6. The highest BCUT2D eigenvalue weighted by Gasteiger charge is 2.26. The Morgan fingerprint density at radius 1 is 0.700 bits per heavy atom. The van der Waals surface area contributed by atoms with Crippen molar-refractivity contribution in [2.24, 2.45) is 0 Å². The Bertz CT molecular complexity index is 861. The lowest BCUT2D eigenvalue weighted by molar-refractivity contribution is 0.178. The molecule has 0 aliphatic carbocycles. The number of rotatable bonds is 6. The Morgan fingerprint density at radius 2 is 1.07 bits per heavy atom. The molecule has 0 saturated heterocycles. The van der Waals surface area contributed by atoms with Crippen LogP contribution >= 0.6 is 0 Å². The van der Waals surface area contributed by atoms with E-state index in [0.29, 0.717) is 11.5 Å². The zero-order chi connectivity index (χ0) is 22.4. The second-order valence-electron chi connectivity index (χ2n) is 6.75. The molecule has 0 bridgehead atoms. The summed E-state index contributed by atoms with van der Waals surface area (Å²) in [7, 11) is 9.97. The van der Waals surface area contributed by atoms with Crippen LogP contribution in [0.1, 0.15) is 0 Å². The van der Waals surface area contributed by atoms with Gasteiger partial charge in [-0.05, 0) is 24.3 Å². The molecule has 2 aromatic carbocycles. The number of carbonyl (C=O) groups is 2. The molecule has 0 N–H and O–H groups in total. The van der Waals surface area contributed by atoms with E-state index in [4.69, 9.17) is 9.47 Å².